The van der Waals surface area contributed by atoms with Gasteiger partial charge in [-0.1, -0.05) is 0 Å². The summed E-state index contributed by atoms with van der Waals surface area (Å²) in [6, 6.07) is 0. The average Bonchev–Trinajstić information content (AvgIpc) is 1.95. The van der Waals surface area contributed by atoms with Crippen molar-refractivity contribution in [3.05, 3.63) is 0 Å². The molecule has 0 aromatic heterocycles. The molecule has 0 heterocycles. The van der Waals surface area contributed by atoms with E-state index in [1.807, 2.05) is 0 Å². The molecule has 0 aromatic rings. The van der Waals surface area contributed by atoms with E-state index in [0.29, 0.717) is 0 Å². The lowest BCUT2D eigenvalue weighted by molar-refractivity contribution is -0.356. The maximum absolute atomic E-state index is 11.9. The first-order chi connectivity index (χ1) is 4.24. The van der Waals surface area contributed by atoms with Gasteiger partial charge in [0.25, 0.3) is 0 Å². The molecule has 0 saturated carbocycles. The van der Waals surface area contributed by atoms with Crippen LogP contribution in [-0.2, 0) is 14.2 Å². The first-order valence-corrected chi connectivity index (χ1v) is 2.46. The van der Waals surface area contributed by atoms with Gasteiger partial charge in [-0.25, -0.2) is 4.39 Å². The van der Waals surface area contributed by atoms with E-state index in [4.69, 9.17) is 0 Å². The van der Waals surface area contributed by atoms with Crippen LogP contribution in [0.1, 0.15) is 0 Å². The summed E-state index contributed by atoms with van der Waals surface area (Å²) >= 11 is 0. The Bertz CT molecular complexity index is 55.1. The number of ether oxygens (including phenoxy) is 3. The molecular weight excluding hydrogens is 127 g/mol. The zero-order chi connectivity index (χ0) is 7.33. The lowest BCUT2D eigenvalue weighted by Gasteiger charge is -2.24. The van der Waals surface area contributed by atoms with Gasteiger partial charge in [-0.3, -0.25) is 0 Å². The van der Waals surface area contributed by atoms with Gasteiger partial charge < -0.3 is 14.2 Å². The van der Waals surface area contributed by atoms with Gasteiger partial charge in [0, 0.05) is 21.3 Å². The largest absolute Gasteiger partial charge is 0.329 e. The van der Waals surface area contributed by atoms with Crippen LogP contribution in [0.3, 0.4) is 0 Å². The average molecular weight is 138 g/mol. The van der Waals surface area contributed by atoms with Crippen molar-refractivity contribution in [3.63, 3.8) is 0 Å². The van der Waals surface area contributed by atoms with Gasteiger partial charge in [0.15, 0.2) is 6.67 Å². The zero-order valence-electron chi connectivity index (χ0n) is 5.81. The summed E-state index contributed by atoms with van der Waals surface area (Å²) in [5.74, 6) is -1.50. The number of methoxy groups -OCH3 is 3. The van der Waals surface area contributed by atoms with Crippen LogP contribution in [-0.4, -0.2) is 34.0 Å². The van der Waals surface area contributed by atoms with Crippen LogP contribution in [0.4, 0.5) is 4.39 Å². The Morgan fingerprint density at radius 1 is 1.11 bits per heavy atom. The van der Waals surface area contributed by atoms with Crippen molar-refractivity contribution in [2.24, 2.45) is 0 Å². The highest BCUT2D eigenvalue weighted by Crippen LogP contribution is 2.11. The Labute approximate surface area is 53.7 Å². The number of alkyl halides is 1. The maximum atomic E-state index is 11.9. The summed E-state index contributed by atoms with van der Waals surface area (Å²) in [7, 11) is 3.94. The molecule has 0 saturated heterocycles. The van der Waals surface area contributed by atoms with Crippen molar-refractivity contribution in [3.8, 4) is 0 Å². The summed E-state index contributed by atoms with van der Waals surface area (Å²) in [6.07, 6.45) is 0. The van der Waals surface area contributed by atoms with E-state index in [-0.39, 0.29) is 0 Å². The highest BCUT2D eigenvalue weighted by molar-refractivity contribution is 4.49. The summed E-state index contributed by atoms with van der Waals surface area (Å²) in [4.78, 5) is 0. The van der Waals surface area contributed by atoms with Crippen LogP contribution in [0.5, 0.6) is 0 Å². The van der Waals surface area contributed by atoms with Crippen LogP contribution in [0.15, 0.2) is 0 Å². The van der Waals surface area contributed by atoms with E-state index < -0.39 is 12.6 Å². The summed E-state index contributed by atoms with van der Waals surface area (Å²) in [5, 5.41) is 0. The molecule has 0 aliphatic rings. The zero-order valence-corrected chi connectivity index (χ0v) is 5.81. The second-order valence-corrected chi connectivity index (χ2v) is 1.43. The molecule has 0 bridgehead atoms. The Kier molecular flexibility index (Phi) is 3.68. The minimum Gasteiger partial charge on any atom is -0.329 e. The van der Waals surface area contributed by atoms with Crippen molar-refractivity contribution >= 4 is 0 Å². The number of rotatable bonds is 4. The molecule has 4 heteroatoms. The molecule has 56 valence electrons. The molecule has 0 aromatic carbocycles. The Morgan fingerprint density at radius 2 is 1.44 bits per heavy atom. The first-order valence-electron chi connectivity index (χ1n) is 2.46. The lowest BCUT2D eigenvalue weighted by atomic mass is 10.6. The standard InChI is InChI=1S/C5H11FO3/c1-7-5(4-6,8-2)9-3/h4H2,1-3H3. The Morgan fingerprint density at radius 3 is 1.44 bits per heavy atom. The highest BCUT2D eigenvalue weighted by atomic mass is 19.1. The Balaban J connectivity index is 3.82. The summed E-state index contributed by atoms with van der Waals surface area (Å²) < 4.78 is 25.6. The molecule has 0 spiro atoms. The third kappa shape index (κ3) is 1.89. The molecule has 0 unspecified atom stereocenters. The van der Waals surface area contributed by atoms with E-state index in [1.54, 1.807) is 0 Å². The van der Waals surface area contributed by atoms with Gasteiger partial charge in [0.05, 0.1) is 0 Å². The fourth-order valence-electron chi connectivity index (χ4n) is 0.414. The van der Waals surface area contributed by atoms with Gasteiger partial charge in [0.1, 0.15) is 0 Å². The molecule has 0 radical (unpaired) electrons. The van der Waals surface area contributed by atoms with Gasteiger partial charge >= 0.3 is 5.97 Å². The highest BCUT2D eigenvalue weighted by Gasteiger charge is 2.29. The fourth-order valence-corrected chi connectivity index (χ4v) is 0.414. The van der Waals surface area contributed by atoms with Crippen molar-refractivity contribution < 1.29 is 18.6 Å². The molecule has 0 amide bonds. The van der Waals surface area contributed by atoms with Gasteiger partial charge in [-0.05, 0) is 0 Å². The van der Waals surface area contributed by atoms with Gasteiger partial charge in [-0.2, -0.15) is 0 Å². The SMILES string of the molecule is COC(CF)(OC)OC. The maximum Gasteiger partial charge on any atom is 0.312 e. The fraction of sp³-hybridized carbons (Fsp3) is 1.00. The van der Waals surface area contributed by atoms with E-state index in [0.717, 1.165) is 0 Å². The van der Waals surface area contributed by atoms with Crippen LogP contribution < -0.4 is 0 Å². The molecule has 0 aliphatic carbocycles. The summed E-state index contributed by atoms with van der Waals surface area (Å²) in [5.41, 5.74) is 0. The number of hydrogen-bond acceptors (Lipinski definition) is 3. The van der Waals surface area contributed by atoms with Crippen molar-refractivity contribution in [2.45, 2.75) is 5.97 Å². The molecule has 0 fully saturated rings. The topological polar surface area (TPSA) is 27.7 Å². The smallest absolute Gasteiger partial charge is 0.312 e. The molecular formula is C5H11FO3. The second-order valence-electron chi connectivity index (χ2n) is 1.43. The van der Waals surface area contributed by atoms with Crippen LogP contribution in [0.25, 0.3) is 0 Å². The minimum atomic E-state index is -1.50. The van der Waals surface area contributed by atoms with Crippen LogP contribution >= 0.6 is 0 Å². The van der Waals surface area contributed by atoms with Gasteiger partial charge in [0.2, 0.25) is 0 Å². The van der Waals surface area contributed by atoms with E-state index >= 15 is 0 Å². The van der Waals surface area contributed by atoms with E-state index in [9.17, 15) is 4.39 Å². The molecule has 0 N–H and O–H groups in total. The molecule has 3 nitrogen and oxygen atoms in total. The van der Waals surface area contributed by atoms with Crippen molar-refractivity contribution in [2.75, 3.05) is 28.0 Å². The predicted molar refractivity (Wildman–Crippen MR) is 29.7 cm³/mol. The third-order valence-electron chi connectivity index (χ3n) is 1.10. The Hall–Kier alpha value is -0.190. The van der Waals surface area contributed by atoms with E-state index in [2.05, 4.69) is 14.2 Å². The molecule has 9 heavy (non-hydrogen) atoms. The molecule has 0 aliphatic heterocycles. The monoisotopic (exact) mass is 138 g/mol. The molecule has 0 atom stereocenters. The lowest BCUT2D eigenvalue weighted by Crippen LogP contribution is -2.38. The summed E-state index contributed by atoms with van der Waals surface area (Å²) in [6.45, 7) is -0.823. The quantitative estimate of drug-likeness (QED) is 0.531. The van der Waals surface area contributed by atoms with Crippen LogP contribution in [0, 0.1) is 0 Å². The number of halogens is 1. The van der Waals surface area contributed by atoms with Crippen molar-refractivity contribution in [1.82, 2.24) is 0 Å². The van der Waals surface area contributed by atoms with Gasteiger partial charge in [-0.15, -0.1) is 0 Å². The minimum absolute atomic E-state index is 0.823. The van der Waals surface area contributed by atoms with Crippen molar-refractivity contribution in [1.29, 1.82) is 0 Å². The van der Waals surface area contributed by atoms with Crippen LogP contribution in [0.2, 0.25) is 0 Å². The van der Waals surface area contributed by atoms with E-state index in [1.165, 1.54) is 21.3 Å². The third-order valence-corrected chi connectivity index (χ3v) is 1.10. The number of hydrogen-bond donors (Lipinski definition) is 0. The predicted octanol–water partition coefficient (Wildman–Crippen LogP) is 0.549. The molecule has 0 rings (SSSR count). The second kappa shape index (κ2) is 3.76. The normalized spacial score (nSPS) is 12.0. The first kappa shape index (κ1) is 8.81.